The van der Waals surface area contributed by atoms with Gasteiger partial charge in [0.1, 0.15) is 24.1 Å². The minimum Gasteiger partial charge on any atom is -0.495 e. The van der Waals surface area contributed by atoms with Gasteiger partial charge >= 0.3 is 0 Å². The zero-order valence-electron chi connectivity index (χ0n) is 17.4. The summed E-state index contributed by atoms with van der Waals surface area (Å²) in [6, 6.07) is 9.43. The Morgan fingerprint density at radius 1 is 1.16 bits per heavy atom. The molecule has 9 nitrogen and oxygen atoms in total. The molecule has 0 aliphatic carbocycles. The van der Waals surface area contributed by atoms with E-state index in [0.29, 0.717) is 41.0 Å². The molecule has 1 amide bonds. The average molecular weight is 453 g/mol. The monoisotopic (exact) mass is 452 g/mol. The number of piperazine rings is 1. The SMILES string of the molecule is COc1cc(N2CCN(C(=O)Cn3nc(-c4ncco4)c4ncccc43)CC2)ccc1Cl. The molecule has 0 radical (unpaired) electrons. The quantitative estimate of drug-likeness (QED) is 0.459. The number of halogens is 1. The summed E-state index contributed by atoms with van der Waals surface area (Å²) in [4.78, 5) is 25.7. The van der Waals surface area contributed by atoms with Crippen molar-refractivity contribution in [3.63, 3.8) is 0 Å². The van der Waals surface area contributed by atoms with E-state index in [-0.39, 0.29) is 12.5 Å². The van der Waals surface area contributed by atoms with Crippen molar-refractivity contribution in [3.05, 3.63) is 54.0 Å². The van der Waals surface area contributed by atoms with Gasteiger partial charge < -0.3 is 19.0 Å². The maximum Gasteiger partial charge on any atom is 0.249 e. The van der Waals surface area contributed by atoms with Crippen molar-refractivity contribution in [2.45, 2.75) is 6.54 Å². The van der Waals surface area contributed by atoms with Crippen molar-refractivity contribution < 1.29 is 13.9 Å². The lowest BCUT2D eigenvalue weighted by Crippen LogP contribution is -2.49. The Morgan fingerprint density at radius 3 is 2.75 bits per heavy atom. The van der Waals surface area contributed by atoms with Crippen LogP contribution in [0.5, 0.6) is 5.75 Å². The Labute approximate surface area is 189 Å². The number of methoxy groups -OCH3 is 1. The minimum atomic E-state index is 0.00513. The van der Waals surface area contributed by atoms with Gasteiger partial charge in [0.2, 0.25) is 11.8 Å². The molecule has 32 heavy (non-hydrogen) atoms. The van der Waals surface area contributed by atoms with Gasteiger partial charge in [0, 0.05) is 44.1 Å². The molecular formula is C22H21ClN6O3. The number of hydrogen-bond acceptors (Lipinski definition) is 7. The number of carbonyl (C=O) groups is 1. The molecule has 0 spiro atoms. The molecular weight excluding hydrogens is 432 g/mol. The number of fused-ring (bicyclic) bond motifs is 1. The molecule has 0 saturated carbocycles. The van der Waals surface area contributed by atoms with Crippen molar-refractivity contribution in [2.24, 2.45) is 0 Å². The lowest BCUT2D eigenvalue weighted by Gasteiger charge is -2.36. The summed E-state index contributed by atoms with van der Waals surface area (Å²) in [6.45, 7) is 2.80. The Bertz CT molecular complexity index is 1250. The zero-order chi connectivity index (χ0) is 22.1. The van der Waals surface area contributed by atoms with Crippen LogP contribution in [-0.2, 0) is 11.3 Å². The van der Waals surface area contributed by atoms with Crippen molar-refractivity contribution in [1.82, 2.24) is 24.6 Å². The van der Waals surface area contributed by atoms with Crippen LogP contribution < -0.4 is 9.64 Å². The fourth-order valence-corrected chi connectivity index (χ4v) is 4.10. The van der Waals surface area contributed by atoms with E-state index in [1.54, 1.807) is 24.2 Å². The first-order chi connectivity index (χ1) is 15.6. The third-order valence-electron chi connectivity index (χ3n) is 5.56. The number of anilines is 1. The summed E-state index contributed by atoms with van der Waals surface area (Å²) in [5.41, 5.74) is 2.98. The fourth-order valence-electron chi connectivity index (χ4n) is 3.90. The van der Waals surface area contributed by atoms with Crippen LogP contribution in [-0.4, -0.2) is 63.8 Å². The molecule has 1 aliphatic rings. The van der Waals surface area contributed by atoms with Gasteiger partial charge in [-0.2, -0.15) is 5.10 Å². The standard InChI is InChI=1S/C22H21ClN6O3/c1-31-18-13-15(4-5-16(18)23)27-8-10-28(11-9-27)19(30)14-29-17-3-2-6-24-20(17)21(26-29)22-25-7-12-32-22/h2-7,12-13H,8-11,14H2,1H3. The molecule has 164 valence electrons. The Balaban J connectivity index is 1.29. The van der Waals surface area contributed by atoms with Crippen LogP contribution in [0.4, 0.5) is 5.69 Å². The van der Waals surface area contributed by atoms with Crippen molar-refractivity contribution in [2.75, 3.05) is 38.2 Å². The van der Waals surface area contributed by atoms with E-state index in [2.05, 4.69) is 20.0 Å². The highest BCUT2D eigenvalue weighted by atomic mass is 35.5. The summed E-state index contributed by atoms with van der Waals surface area (Å²) in [7, 11) is 1.60. The number of rotatable bonds is 5. The van der Waals surface area contributed by atoms with E-state index in [1.165, 1.54) is 6.26 Å². The molecule has 3 aromatic heterocycles. The summed E-state index contributed by atoms with van der Waals surface area (Å²) in [5, 5.41) is 5.15. The van der Waals surface area contributed by atoms with Gasteiger partial charge in [-0.1, -0.05) is 11.6 Å². The molecule has 0 bridgehead atoms. The van der Waals surface area contributed by atoms with Crippen LogP contribution >= 0.6 is 11.6 Å². The first kappa shape index (κ1) is 20.3. The van der Waals surface area contributed by atoms with Crippen molar-refractivity contribution in [3.8, 4) is 17.3 Å². The molecule has 1 aliphatic heterocycles. The van der Waals surface area contributed by atoms with E-state index in [1.807, 2.05) is 35.2 Å². The molecule has 1 aromatic carbocycles. The number of amides is 1. The maximum atomic E-state index is 13.0. The summed E-state index contributed by atoms with van der Waals surface area (Å²) >= 11 is 6.13. The highest BCUT2D eigenvalue weighted by molar-refractivity contribution is 6.32. The first-order valence-electron chi connectivity index (χ1n) is 10.2. The largest absolute Gasteiger partial charge is 0.495 e. The van der Waals surface area contributed by atoms with Crippen molar-refractivity contribution in [1.29, 1.82) is 0 Å². The smallest absolute Gasteiger partial charge is 0.249 e. The number of benzene rings is 1. The van der Waals surface area contributed by atoms with Gasteiger partial charge in [-0.25, -0.2) is 4.98 Å². The summed E-state index contributed by atoms with van der Waals surface area (Å²) in [5.74, 6) is 1.03. The highest BCUT2D eigenvalue weighted by Gasteiger charge is 2.24. The maximum absolute atomic E-state index is 13.0. The second-order valence-corrected chi connectivity index (χ2v) is 7.81. The van der Waals surface area contributed by atoms with Crippen LogP contribution in [0.25, 0.3) is 22.6 Å². The topological polar surface area (TPSA) is 89.5 Å². The van der Waals surface area contributed by atoms with Crippen LogP contribution in [0.1, 0.15) is 0 Å². The van der Waals surface area contributed by atoms with Gasteiger partial charge in [0.15, 0.2) is 5.69 Å². The van der Waals surface area contributed by atoms with E-state index >= 15 is 0 Å². The number of pyridine rings is 1. The molecule has 10 heteroatoms. The van der Waals surface area contributed by atoms with Crippen molar-refractivity contribution >= 4 is 34.2 Å². The molecule has 0 N–H and O–H groups in total. The Morgan fingerprint density at radius 2 is 2.00 bits per heavy atom. The van der Waals surface area contributed by atoms with Gasteiger partial charge in [0.25, 0.3) is 0 Å². The summed E-state index contributed by atoms with van der Waals surface area (Å²) < 4.78 is 12.4. The molecule has 5 rings (SSSR count). The number of ether oxygens (including phenoxy) is 1. The van der Waals surface area contributed by atoms with Gasteiger partial charge in [-0.3, -0.25) is 14.5 Å². The summed E-state index contributed by atoms with van der Waals surface area (Å²) in [6.07, 6.45) is 4.74. The number of oxazole rings is 1. The number of hydrogen-bond donors (Lipinski definition) is 0. The third kappa shape index (κ3) is 3.75. The van der Waals surface area contributed by atoms with E-state index in [0.717, 1.165) is 24.3 Å². The zero-order valence-corrected chi connectivity index (χ0v) is 18.2. The lowest BCUT2D eigenvalue weighted by atomic mass is 10.2. The second-order valence-electron chi connectivity index (χ2n) is 7.40. The first-order valence-corrected chi connectivity index (χ1v) is 10.6. The molecule has 0 unspecified atom stereocenters. The normalized spacial score (nSPS) is 14.2. The van der Waals surface area contributed by atoms with Gasteiger partial charge in [-0.15, -0.1) is 0 Å². The van der Waals surface area contributed by atoms with E-state index < -0.39 is 0 Å². The number of carbonyl (C=O) groups excluding carboxylic acids is 1. The highest BCUT2D eigenvalue weighted by Crippen LogP contribution is 2.30. The average Bonchev–Trinajstić information content (AvgIpc) is 3.48. The predicted octanol–water partition coefficient (Wildman–Crippen LogP) is 3.10. The molecule has 1 fully saturated rings. The van der Waals surface area contributed by atoms with E-state index in [9.17, 15) is 4.79 Å². The Hall–Kier alpha value is -3.59. The fraction of sp³-hybridized carbons (Fsp3) is 0.273. The molecule has 4 heterocycles. The van der Waals surface area contributed by atoms with Crippen LogP contribution in [0.15, 0.2) is 53.4 Å². The molecule has 1 saturated heterocycles. The second kappa shape index (κ2) is 8.51. The number of nitrogens with zero attached hydrogens (tertiary/aromatic N) is 6. The predicted molar refractivity (Wildman–Crippen MR) is 120 cm³/mol. The van der Waals surface area contributed by atoms with E-state index in [4.69, 9.17) is 20.8 Å². The van der Waals surface area contributed by atoms with Gasteiger partial charge in [-0.05, 0) is 24.3 Å². The Kier molecular flexibility index (Phi) is 5.40. The molecule has 0 atom stereocenters. The van der Waals surface area contributed by atoms with Crippen LogP contribution in [0.3, 0.4) is 0 Å². The van der Waals surface area contributed by atoms with Gasteiger partial charge in [0.05, 0.1) is 23.8 Å². The molecule has 4 aromatic rings. The number of aromatic nitrogens is 4. The third-order valence-corrected chi connectivity index (χ3v) is 5.87. The minimum absolute atomic E-state index is 0.00513. The lowest BCUT2D eigenvalue weighted by molar-refractivity contribution is -0.132. The van der Waals surface area contributed by atoms with Crippen LogP contribution in [0.2, 0.25) is 5.02 Å². The van der Waals surface area contributed by atoms with Crippen LogP contribution in [0, 0.1) is 0 Å².